The molecule has 0 aliphatic heterocycles. The van der Waals surface area contributed by atoms with Crippen LogP contribution < -0.4 is 11.1 Å². The van der Waals surface area contributed by atoms with Crippen LogP contribution in [-0.4, -0.2) is 11.9 Å². The maximum absolute atomic E-state index is 12.0. The van der Waals surface area contributed by atoms with Crippen LogP contribution >= 0.6 is 11.6 Å². The van der Waals surface area contributed by atoms with Crippen molar-refractivity contribution in [3.63, 3.8) is 0 Å². The predicted molar refractivity (Wildman–Crippen MR) is 73.5 cm³/mol. The molecule has 2 rings (SSSR count). The van der Waals surface area contributed by atoms with Crippen LogP contribution in [0.2, 0.25) is 5.02 Å². The van der Waals surface area contributed by atoms with Gasteiger partial charge in [-0.1, -0.05) is 37.6 Å². The first-order valence-electron chi connectivity index (χ1n) is 6.34. The number of hydrogen-bond acceptors (Lipinski definition) is 2. The third kappa shape index (κ3) is 2.52. The van der Waals surface area contributed by atoms with E-state index >= 15 is 0 Å². The summed E-state index contributed by atoms with van der Waals surface area (Å²) >= 11 is 6.15. The predicted octanol–water partition coefficient (Wildman–Crippen LogP) is 2.43. The summed E-state index contributed by atoms with van der Waals surface area (Å²) in [5.74, 6) is 0.0630. The van der Waals surface area contributed by atoms with Gasteiger partial charge in [0.25, 0.3) is 0 Å². The molecule has 1 aliphatic rings. The van der Waals surface area contributed by atoms with E-state index in [0.717, 1.165) is 29.0 Å². The summed E-state index contributed by atoms with van der Waals surface area (Å²) in [5.41, 5.74) is 8.14. The number of nitrogens with two attached hydrogens (primary N) is 1. The molecule has 0 fully saturated rings. The van der Waals surface area contributed by atoms with E-state index in [0.29, 0.717) is 0 Å². The lowest BCUT2D eigenvalue weighted by Crippen LogP contribution is -2.44. The molecular formula is C14H19ClN2O. The van der Waals surface area contributed by atoms with Crippen LogP contribution in [0.5, 0.6) is 0 Å². The van der Waals surface area contributed by atoms with Gasteiger partial charge in [0.15, 0.2) is 0 Å². The molecule has 1 unspecified atom stereocenters. The molecule has 0 heterocycles. The molecule has 0 saturated carbocycles. The van der Waals surface area contributed by atoms with Crippen LogP contribution in [0.15, 0.2) is 18.2 Å². The summed E-state index contributed by atoms with van der Waals surface area (Å²) in [7, 11) is 0. The topological polar surface area (TPSA) is 55.1 Å². The average Bonchev–Trinajstić information content (AvgIpc) is 2.73. The van der Waals surface area contributed by atoms with Crippen molar-refractivity contribution >= 4 is 17.5 Å². The lowest BCUT2D eigenvalue weighted by Gasteiger charge is -2.20. The maximum atomic E-state index is 12.0. The zero-order valence-electron chi connectivity index (χ0n) is 10.7. The number of halogens is 1. The van der Waals surface area contributed by atoms with Crippen molar-refractivity contribution in [3.8, 4) is 0 Å². The van der Waals surface area contributed by atoms with Gasteiger partial charge in [0.2, 0.25) is 5.91 Å². The molecule has 18 heavy (non-hydrogen) atoms. The SMILES string of the molecule is CC(C)[C@H](N)C(=O)NC1CCc2c(Cl)cccc21. The van der Waals surface area contributed by atoms with E-state index in [9.17, 15) is 4.79 Å². The second-order valence-corrected chi connectivity index (χ2v) is 5.58. The Bertz CT molecular complexity index is 459. The molecule has 0 saturated heterocycles. The molecule has 0 bridgehead atoms. The molecule has 2 atom stereocenters. The van der Waals surface area contributed by atoms with Gasteiger partial charge < -0.3 is 11.1 Å². The molecule has 3 nitrogen and oxygen atoms in total. The first-order valence-corrected chi connectivity index (χ1v) is 6.71. The Morgan fingerprint density at radius 1 is 1.50 bits per heavy atom. The molecule has 1 amide bonds. The van der Waals surface area contributed by atoms with Crippen LogP contribution in [0.25, 0.3) is 0 Å². The summed E-state index contributed by atoms with van der Waals surface area (Å²) in [6.45, 7) is 3.90. The van der Waals surface area contributed by atoms with Crippen LogP contribution in [0.3, 0.4) is 0 Å². The van der Waals surface area contributed by atoms with Gasteiger partial charge >= 0.3 is 0 Å². The van der Waals surface area contributed by atoms with E-state index in [2.05, 4.69) is 5.32 Å². The van der Waals surface area contributed by atoms with Crippen molar-refractivity contribution in [2.75, 3.05) is 0 Å². The molecule has 3 N–H and O–H groups in total. The van der Waals surface area contributed by atoms with E-state index in [1.807, 2.05) is 32.0 Å². The minimum atomic E-state index is -0.451. The van der Waals surface area contributed by atoms with Crippen LogP contribution in [0.4, 0.5) is 0 Å². The maximum Gasteiger partial charge on any atom is 0.237 e. The Balaban J connectivity index is 2.11. The normalized spacial score (nSPS) is 19.7. The highest BCUT2D eigenvalue weighted by atomic mass is 35.5. The fourth-order valence-electron chi connectivity index (χ4n) is 2.33. The van der Waals surface area contributed by atoms with E-state index < -0.39 is 6.04 Å². The van der Waals surface area contributed by atoms with Crippen LogP contribution in [-0.2, 0) is 11.2 Å². The van der Waals surface area contributed by atoms with Gasteiger partial charge in [-0.3, -0.25) is 4.79 Å². The third-order valence-electron chi connectivity index (χ3n) is 3.55. The summed E-state index contributed by atoms with van der Waals surface area (Å²) in [6, 6.07) is 5.45. The Morgan fingerprint density at radius 2 is 2.22 bits per heavy atom. The first-order chi connectivity index (χ1) is 8.50. The van der Waals surface area contributed by atoms with Crippen molar-refractivity contribution < 1.29 is 4.79 Å². The summed E-state index contributed by atoms with van der Waals surface area (Å²) in [4.78, 5) is 12.0. The highest BCUT2D eigenvalue weighted by Crippen LogP contribution is 2.35. The van der Waals surface area contributed by atoms with Gasteiger partial charge in [0, 0.05) is 5.02 Å². The average molecular weight is 267 g/mol. The molecule has 0 spiro atoms. The number of nitrogens with one attached hydrogen (secondary N) is 1. The smallest absolute Gasteiger partial charge is 0.237 e. The van der Waals surface area contributed by atoms with Crippen molar-refractivity contribution in [3.05, 3.63) is 34.3 Å². The first kappa shape index (κ1) is 13.4. The molecule has 98 valence electrons. The number of hydrogen-bond donors (Lipinski definition) is 2. The van der Waals surface area contributed by atoms with E-state index in [4.69, 9.17) is 17.3 Å². The summed E-state index contributed by atoms with van der Waals surface area (Å²) in [5, 5.41) is 3.81. The number of rotatable bonds is 3. The summed E-state index contributed by atoms with van der Waals surface area (Å²) < 4.78 is 0. The standard InChI is InChI=1S/C14H19ClN2O/c1-8(2)13(16)14(18)17-12-7-6-9-10(12)4-3-5-11(9)15/h3-5,8,12-13H,6-7,16H2,1-2H3,(H,17,18)/t12?,13-/m0/s1. The van der Waals surface area contributed by atoms with Gasteiger partial charge in [-0.2, -0.15) is 0 Å². The minimum Gasteiger partial charge on any atom is -0.348 e. The van der Waals surface area contributed by atoms with Gasteiger partial charge in [0.1, 0.15) is 0 Å². The molecule has 1 aromatic carbocycles. The Labute approximate surface area is 113 Å². The second-order valence-electron chi connectivity index (χ2n) is 5.18. The van der Waals surface area contributed by atoms with Gasteiger partial charge in [-0.15, -0.1) is 0 Å². The Morgan fingerprint density at radius 3 is 2.89 bits per heavy atom. The molecular weight excluding hydrogens is 248 g/mol. The second kappa shape index (κ2) is 5.29. The monoisotopic (exact) mass is 266 g/mol. The van der Waals surface area contributed by atoms with Crippen LogP contribution in [0.1, 0.15) is 37.4 Å². The van der Waals surface area contributed by atoms with Gasteiger partial charge in [-0.05, 0) is 36.0 Å². The quantitative estimate of drug-likeness (QED) is 0.883. The number of carbonyl (C=O) groups is 1. The number of carbonyl (C=O) groups excluding carboxylic acids is 1. The lowest BCUT2D eigenvalue weighted by molar-refractivity contribution is -0.124. The van der Waals surface area contributed by atoms with Crippen molar-refractivity contribution in [1.82, 2.24) is 5.32 Å². The van der Waals surface area contributed by atoms with Crippen molar-refractivity contribution in [2.45, 2.75) is 38.8 Å². The zero-order valence-corrected chi connectivity index (χ0v) is 11.5. The number of amides is 1. The van der Waals surface area contributed by atoms with Crippen molar-refractivity contribution in [2.24, 2.45) is 11.7 Å². The van der Waals surface area contributed by atoms with Gasteiger partial charge in [0.05, 0.1) is 12.1 Å². The largest absolute Gasteiger partial charge is 0.348 e. The third-order valence-corrected chi connectivity index (χ3v) is 3.91. The van der Waals surface area contributed by atoms with Crippen molar-refractivity contribution in [1.29, 1.82) is 0 Å². The zero-order chi connectivity index (χ0) is 13.3. The Kier molecular flexibility index (Phi) is 3.93. The molecule has 1 aliphatic carbocycles. The van der Waals surface area contributed by atoms with Gasteiger partial charge in [-0.25, -0.2) is 0 Å². The summed E-state index contributed by atoms with van der Waals surface area (Å²) in [6.07, 6.45) is 1.81. The molecule has 0 radical (unpaired) electrons. The highest BCUT2D eigenvalue weighted by Gasteiger charge is 2.27. The number of fused-ring (bicyclic) bond motifs is 1. The number of benzene rings is 1. The van der Waals surface area contributed by atoms with E-state index in [1.165, 1.54) is 0 Å². The Hall–Kier alpha value is -1.06. The molecule has 4 heteroatoms. The molecule has 1 aromatic rings. The fourth-order valence-corrected chi connectivity index (χ4v) is 2.61. The van der Waals surface area contributed by atoms with E-state index in [-0.39, 0.29) is 17.9 Å². The van der Waals surface area contributed by atoms with Crippen LogP contribution in [0, 0.1) is 5.92 Å². The van der Waals surface area contributed by atoms with E-state index in [1.54, 1.807) is 0 Å². The molecule has 0 aromatic heterocycles. The lowest BCUT2D eigenvalue weighted by atomic mass is 10.0. The fraction of sp³-hybridized carbons (Fsp3) is 0.500. The highest BCUT2D eigenvalue weighted by molar-refractivity contribution is 6.31. The minimum absolute atomic E-state index is 0.0519.